The summed E-state index contributed by atoms with van der Waals surface area (Å²) < 4.78 is 1.06. The van der Waals surface area contributed by atoms with Gasteiger partial charge in [0.2, 0.25) is 0 Å². The van der Waals surface area contributed by atoms with Crippen LogP contribution in [0.2, 0.25) is 0 Å². The Morgan fingerprint density at radius 3 is 2.75 bits per heavy atom. The van der Waals surface area contributed by atoms with Crippen molar-refractivity contribution in [2.75, 3.05) is 0 Å². The highest BCUT2D eigenvalue weighted by Crippen LogP contribution is 2.07. The Morgan fingerprint density at radius 1 is 1.75 bits per heavy atom. The summed E-state index contributed by atoms with van der Waals surface area (Å²) in [7, 11) is 0. The molecular weight excluding hydrogens is 136 g/mol. The monoisotopic (exact) mass is 146 g/mol. The zero-order valence-electron chi connectivity index (χ0n) is 5.18. The van der Waals surface area contributed by atoms with Gasteiger partial charge in [0.15, 0.2) is 0 Å². The molecule has 0 nitrogen and oxygen atoms in total. The molecule has 2 heteroatoms. The van der Waals surface area contributed by atoms with Gasteiger partial charge in [-0.2, -0.15) is 0 Å². The van der Waals surface area contributed by atoms with Crippen LogP contribution in [0, 0.1) is 0 Å². The van der Waals surface area contributed by atoms with E-state index in [1.807, 2.05) is 18.4 Å². The van der Waals surface area contributed by atoms with Crippen LogP contribution in [0.5, 0.6) is 0 Å². The third-order valence-corrected chi connectivity index (χ3v) is 2.16. The first-order valence-electron chi connectivity index (χ1n) is 2.62. The minimum atomic E-state index is 0.990. The van der Waals surface area contributed by atoms with Crippen molar-refractivity contribution in [1.82, 2.24) is 0 Å². The van der Waals surface area contributed by atoms with Crippen LogP contribution in [0.25, 0.3) is 0 Å². The molecule has 0 spiro atoms. The molecule has 0 aromatic rings. The Hall–Kier alpha value is 0.180. The summed E-state index contributed by atoms with van der Waals surface area (Å²) in [4.78, 5) is 0. The second-order valence-corrected chi connectivity index (χ2v) is 3.06. The van der Waals surface area contributed by atoms with E-state index in [2.05, 4.69) is 6.92 Å². The number of thiocarbonyl (C=S) groups is 1. The maximum absolute atomic E-state index is 4.93. The molecule has 46 valence electrons. The summed E-state index contributed by atoms with van der Waals surface area (Å²) in [6.07, 6.45) is 2.98. The number of allylic oxidation sites excluding steroid dienone is 1. The average molecular weight is 146 g/mol. The van der Waals surface area contributed by atoms with Gasteiger partial charge in [-0.25, -0.2) is 0 Å². The smallest absolute Gasteiger partial charge is 0.0518 e. The van der Waals surface area contributed by atoms with Crippen LogP contribution in [-0.4, -0.2) is 4.20 Å². The maximum atomic E-state index is 4.93. The first-order valence-corrected chi connectivity index (χ1v) is 3.90. The van der Waals surface area contributed by atoms with Gasteiger partial charge in [-0.15, -0.1) is 0 Å². The van der Waals surface area contributed by atoms with Gasteiger partial charge >= 0.3 is 0 Å². The summed E-state index contributed by atoms with van der Waals surface area (Å²) in [5, 5.41) is 2.01. The molecule has 0 aliphatic carbocycles. The fourth-order valence-electron chi connectivity index (χ4n) is 0.227. The summed E-state index contributed by atoms with van der Waals surface area (Å²) in [6, 6.07) is 0. The maximum Gasteiger partial charge on any atom is 0.0518 e. The van der Waals surface area contributed by atoms with Crippen molar-refractivity contribution in [3.8, 4) is 0 Å². The van der Waals surface area contributed by atoms with Crippen molar-refractivity contribution < 1.29 is 0 Å². The third-order valence-electron chi connectivity index (χ3n) is 0.624. The van der Waals surface area contributed by atoms with Crippen LogP contribution >= 0.6 is 24.0 Å². The predicted octanol–water partition coefficient (Wildman–Crippen LogP) is 2.99. The van der Waals surface area contributed by atoms with Gasteiger partial charge in [0.05, 0.1) is 4.20 Å². The van der Waals surface area contributed by atoms with E-state index in [4.69, 9.17) is 12.2 Å². The molecule has 0 saturated carbocycles. The van der Waals surface area contributed by atoms with E-state index in [1.165, 1.54) is 0 Å². The van der Waals surface area contributed by atoms with Crippen LogP contribution in [0.15, 0.2) is 11.5 Å². The second-order valence-electron chi connectivity index (χ2n) is 1.31. The van der Waals surface area contributed by atoms with E-state index < -0.39 is 0 Å². The molecule has 0 fully saturated rings. The van der Waals surface area contributed by atoms with E-state index >= 15 is 0 Å². The highest BCUT2D eigenvalue weighted by molar-refractivity contribution is 8.25. The average Bonchev–Trinajstić information content (AvgIpc) is 1.83. The van der Waals surface area contributed by atoms with E-state index in [-0.39, 0.29) is 0 Å². The second kappa shape index (κ2) is 5.32. The zero-order chi connectivity index (χ0) is 6.41. The summed E-state index contributed by atoms with van der Waals surface area (Å²) in [5.41, 5.74) is 0. The molecule has 0 saturated heterocycles. The lowest BCUT2D eigenvalue weighted by molar-refractivity contribution is 1.35. The zero-order valence-corrected chi connectivity index (χ0v) is 6.81. The lowest BCUT2D eigenvalue weighted by Crippen LogP contribution is -1.77. The highest BCUT2D eigenvalue weighted by atomic mass is 32.2. The summed E-state index contributed by atoms with van der Waals surface area (Å²) >= 11 is 6.56. The first kappa shape index (κ1) is 8.18. The summed E-state index contributed by atoms with van der Waals surface area (Å²) in [5.74, 6) is 0. The van der Waals surface area contributed by atoms with E-state index in [9.17, 15) is 0 Å². The van der Waals surface area contributed by atoms with Crippen molar-refractivity contribution in [3.05, 3.63) is 11.5 Å². The number of hydrogen-bond donors (Lipinski definition) is 0. The Morgan fingerprint density at radius 2 is 2.38 bits per heavy atom. The SMILES string of the molecule is C/C=C\SC(=S)CC. The Bertz CT molecular complexity index is 94.7. The molecule has 0 N–H and O–H groups in total. The largest absolute Gasteiger partial charge is 0.0911 e. The van der Waals surface area contributed by atoms with Gasteiger partial charge in [-0.05, 0) is 18.8 Å². The van der Waals surface area contributed by atoms with E-state index in [0.717, 1.165) is 10.6 Å². The van der Waals surface area contributed by atoms with Crippen LogP contribution in [0.4, 0.5) is 0 Å². The van der Waals surface area contributed by atoms with Gasteiger partial charge in [-0.1, -0.05) is 37.0 Å². The minimum Gasteiger partial charge on any atom is -0.0911 e. The van der Waals surface area contributed by atoms with Crippen LogP contribution in [0.3, 0.4) is 0 Å². The standard InChI is InChI=1S/C6H10S2/c1-3-5-8-6(7)4-2/h3,5H,4H2,1-2H3/b5-3-. The molecule has 0 amide bonds. The van der Waals surface area contributed by atoms with Crippen LogP contribution in [0.1, 0.15) is 20.3 Å². The normalized spacial score (nSPS) is 10.2. The molecule has 0 aromatic carbocycles. The molecule has 0 heterocycles. The van der Waals surface area contributed by atoms with Crippen LogP contribution in [-0.2, 0) is 0 Å². The molecule has 0 atom stereocenters. The van der Waals surface area contributed by atoms with Gasteiger partial charge in [0, 0.05) is 0 Å². The van der Waals surface area contributed by atoms with Crippen LogP contribution < -0.4 is 0 Å². The molecule has 0 radical (unpaired) electrons. The van der Waals surface area contributed by atoms with Gasteiger partial charge in [-0.3, -0.25) is 0 Å². The summed E-state index contributed by atoms with van der Waals surface area (Å²) in [6.45, 7) is 4.06. The third kappa shape index (κ3) is 4.34. The highest BCUT2D eigenvalue weighted by Gasteiger charge is 1.85. The van der Waals surface area contributed by atoms with Crippen molar-refractivity contribution in [2.45, 2.75) is 20.3 Å². The Balaban J connectivity index is 3.25. The van der Waals surface area contributed by atoms with Crippen molar-refractivity contribution in [1.29, 1.82) is 0 Å². The van der Waals surface area contributed by atoms with Crippen molar-refractivity contribution in [2.24, 2.45) is 0 Å². The van der Waals surface area contributed by atoms with Gasteiger partial charge in [0.25, 0.3) is 0 Å². The molecule has 0 unspecified atom stereocenters. The van der Waals surface area contributed by atoms with E-state index in [1.54, 1.807) is 11.8 Å². The van der Waals surface area contributed by atoms with Gasteiger partial charge in [0.1, 0.15) is 0 Å². The molecule has 0 aliphatic heterocycles. The fraction of sp³-hybridized carbons (Fsp3) is 0.500. The molecule has 0 aromatic heterocycles. The predicted molar refractivity (Wildman–Crippen MR) is 45.3 cm³/mol. The van der Waals surface area contributed by atoms with Gasteiger partial charge < -0.3 is 0 Å². The molecular formula is C6H10S2. The molecule has 8 heavy (non-hydrogen) atoms. The fourth-order valence-corrected chi connectivity index (χ4v) is 0.848. The lowest BCUT2D eigenvalue weighted by Gasteiger charge is -1.88. The Kier molecular flexibility index (Phi) is 5.44. The topological polar surface area (TPSA) is 0 Å². The molecule has 0 aliphatic rings. The lowest BCUT2D eigenvalue weighted by atomic mass is 10.6. The number of thioether (sulfide) groups is 1. The first-order chi connectivity index (χ1) is 3.81. The van der Waals surface area contributed by atoms with Crippen molar-refractivity contribution >= 4 is 28.2 Å². The molecule has 0 rings (SSSR count). The van der Waals surface area contributed by atoms with E-state index in [0.29, 0.717) is 0 Å². The van der Waals surface area contributed by atoms with Crippen molar-refractivity contribution in [3.63, 3.8) is 0 Å². The quantitative estimate of drug-likeness (QED) is 0.549. The minimum absolute atomic E-state index is 0.990. The number of rotatable bonds is 2. The molecule has 0 bridgehead atoms. The number of hydrogen-bond acceptors (Lipinski definition) is 2. The Labute approximate surface area is 60.4 Å².